The molecule has 2 aromatic rings. The molecule has 1 unspecified atom stereocenters. The molecule has 0 amide bonds. The Balaban J connectivity index is 2.26. The minimum absolute atomic E-state index is 0.311. The Kier molecular flexibility index (Phi) is 5.00. The number of fused-ring (bicyclic) bond motifs is 1. The number of nitrogens with zero attached hydrogens (tertiary/aromatic N) is 4. The molecular formula is C13H19BrN4O3. The lowest BCUT2D eigenvalue weighted by molar-refractivity contribution is 0.185. The third-order valence-electron chi connectivity index (χ3n) is 3.55. The molecule has 2 rings (SSSR count). The fraction of sp³-hybridized carbons (Fsp3) is 0.615. The maximum Gasteiger partial charge on any atom is 0.332 e. The Morgan fingerprint density at radius 2 is 2.05 bits per heavy atom. The smallest absolute Gasteiger partial charge is 0.332 e. The molecule has 116 valence electrons. The number of aliphatic hydroxyl groups excluding tert-OH is 1. The molecule has 2 heterocycles. The van der Waals surface area contributed by atoms with Gasteiger partial charge in [-0.2, -0.15) is 0 Å². The van der Waals surface area contributed by atoms with Crippen molar-refractivity contribution in [1.82, 2.24) is 18.7 Å². The highest BCUT2D eigenvalue weighted by molar-refractivity contribution is 9.09. The molecule has 1 atom stereocenters. The summed E-state index contributed by atoms with van der Waals surface area (Å²) in [4.78, 5) is 28.7. The Labute approximate surface area is 130 Å². The first kappa shape index (κ1) is 16.0. The van der Waals surface area contributed by atoms with Crippen molar-refractivity contribution in [3.05, 3.63) is 27.2 Å². The number of rotatable bonds is 6. The van der Waals surface area contributed by atoms with Gasteiger partial charge in [0.05, 0.1) is 12.4 Å². The predicted molar refractivity (Wildman–Crippen MR) is 83.9 cm³/mol. The summed E-state index contributed by atoms with van der Waals surface area (Å²) in [7, 11) is 3.35. The minimum atomic E-state index is -0.385. The van der Waals surface area contributed by atoms with Crippen molar-refractivity contribution < 1.29 is 5.11 Å². The molecular weight excluding hydrogens is 340 g/mol. The van der Waals surface area contributed by atoms with Crippen LogP contribution in [0.2, 0.25) is 0 Å². The van der Waals surface area contributed by atoms with Crippen LogP contribution >= 0.6 is 15.9 Å². The first-order valence-corrected chi connectivity index (χ1v) is 7.94. The van der Waals surface area contributed by atoms with Crippen molar-refractivity contribution >= 4 is 27.1 Å². The number of aryl methyl sites for hydroxylation is 2. The molecule has 7 nitrogen and oxygen atoms in total. The monoisotopic (exact) mass is 358 g/mol. The highest BCUT2D eigenvalue weighted by Crippen LogP contribution is 2.06. The van der Waals surface area contributed by atoms with Crippen LogP contribution in [-0.4, -0.2) is 35.2 Å². The van der Waals surface area contributed by atoms with Gasteiger partial charge < -0.3 is 9.67 Å². The Hall–Kier alpha value is -1.41. The molecule has 0 aliphatic rings. The van der Waals surface area contributed by atoms with Crippen LogP contribution in [0.5, 0.6) is 0 Å². The van der Waals surface area contributed by atoms with E-state index in [4.69, 9.17) is 0 Å². The van der Waals surface area contributed by atoms with E-state index in [1.807, 2.05) is 0 Å². The van der Waals surface area contributed by atoms with Gasteiger partial charge in [0.2, 0.25) is 0 Å². The van der Waals surface area contributed by atoms with E-state index in [1.165, 1.54) is 15.5 Å². The number of hydrogen-bond donors (Lipinski definition) is 1. The second-order valence-electron chi connectivity index (χ2n) is 5.13. The topological polar surface area (TPSA) is 82.1 Å². The van der Waals surface area contributed by atoms with Crippen LogP contribution in [0.4, 0.5) is 0 Å². The van der Waals surface area contributed by atoms with Gasteiger partial charge in [-0.05, 0) is 19.3 Å². The van der Waals surface area contributed by atoms with Gasteiger partial charge in [0.1, 0.15) is 0 Å². The van der Waals surface area contributed by atoms with E-state index in [2.05, 4.69) is 20.9 Å². The average molecular weight is 359 g/mol. The quantitative estimate of drug-likeness (QED) is 0.597. The lowest BCUT2D eigenvalue weighted by Crippen LogP contribution is -2.39. The van der Waals surface area contributed by atoms with Gasteiger partial charge in [0.25, 0.3) is 5.56 Å². The van der Waals surface area contributed by atoms with Crippen LogP contribution in [0.15, 0.2) is 15.9 Å². The van der Waals surface area contributed by atoms with Crippen molar-refractivity contribution in [1.29, 1.82) is 0 Å². The minimum Gasteiger partial charge on any atom is -0.392 e. The van der Waals surface area contributed by atoms with Crippen LogP contribution in [0.1, 0.15) is 19.3 Å². The van der Waals surface area contributed by atoms with E-state index in [0.717, 1.165) is 6.42 Å². The van der Waals surface area contributed by atoms with Crippen LogP contribution in [-0.2, 0) is 20.6 Å². The molecule has 0 fully saturated rings. The van der Waals surface area contributed by atoms with Gasteiger partial charge in [-0.15, -0.1) is 0 Å². The van der Waals surface area contributed by atoms with Crippen LogP contribution in [0, 0.1) is 0 Å². The number of aromatic nitrogens is 4. The molecule has 1 N–H and O–H groups in total. The van der Waals surface area contributed by atoms with Crippen molar-refractivity contribution in [3.8, 4) is 0 Å². The first-order valence-electron chi connectivity index (χ1n) is 6.82. The van der Waals surface area contributed by atoms with Gasteiger partial charge in [-0.1, -0.05) is 15.9 Å². The molecule has 0 aliphatic heterocycles. The van der Waals surface area contributed by atoms with Gasteiger partial charge in [-0.25, -0.2) is 9.78 Å². The summed E-state index contributed by atoms with van der Waals surface area (Å²) in [6.07, 6.45) is 3.22. The van der Waals surface area contributed by atoms with Crippen LogP contribution in [0.3, 0.4) is 0 Å². The Morgan fingerprint density at radius 1 is 1.33 bits per heavy atom. The number of alkyl halides is 1. The summed E-state index contributed by atoms with van der Waals surface area (Å²) in [5.74, 6) is 0. The van der Waals surface area contributed by atoms with Crippen molar-refractivity contribution in [2.24, 2.45) is 14.1 Å². The number of imidazole rings is 1. The summed E-state index contributed by atoms with van der Waals surface area (Å²) >= 11 is 3.21. The molecule has 0 saturated heterocycles. The second-order valence-corrected chi connectivity index (χ2v) is 5.78. The predicted octanol–water partition coefficient (Wildman–Crippen LogP) is 0.360. The lowest BCUT2D eigenvalue weighted by atomic mass is 10.2. The zero-order chi connectivity index (χ0) is 15.6. The summed E-state index contributed by atoms with van der Waals surface area (Å²) in [5, 5.41) is 10.0. The fourth-order valence-electron chi connectivity index (χ4n) is 2.32. The average Bonchev–Trinajstić information content (AvgIpc) is 2.86. The van der Waals surface area contributed by atoms with Crippen molar-refractivity contribution in [2.75, 3.05) is 5.33 Å². The molecule has 0 aliphatic carbocycles. The maximum atomic E-state index is 12.4. The van der Waals surface area contributed by atoms with Gasteiger partial charge in [0, 0.05) is 26.0 Å². The van der Waals surface area contributed by atoms with Crippen molar-refractivity contribution in [3.63, 3.8) is 0 Å². The third kappa shape index (κ3) is 3.11. The van der Waals surface area contributed by atoms with E-state index >= 15 is 0 Å². The summed E-state index contributed by atoms with van der Waals surface area (Å²) < 4.78 is 4.26. The van der Waals surface area contributed by atoms with Gasteiger partial charge in [0.15, 0.2) is 11.2 Å². The molecule has 2 aromatic heterocycles. The third-order valence-corrected chi connectivity index (χ3v) is 4.30. The molecule has 0 aromatic carbocycles. The lowest BCUT2D eigenvalue weighted by Gasteiger charge is -2.09. The zero-order valence-electron chi connectivity index (χ0n) is 12.1. The largest absolute Gasteiger partial charge is 0.392 e. The summed E-state index contributed by atoms with van der Waals surface area (Å²) in [6.45, 7) is 0.349. The molecule has 0 spiro atoms. The maximum absolute atomic E-state index is 12.4. The number of halogens is 1. The van der Waals surface area contributed by atoms with E-state index in [0.29, 0.717) is 35.9 Å². The summed E-state index contributed by atoms with van der Waals surface area (Å²) in [5.41, 5.74) is 0.164. The van der Waals surface area contributed by atoms with E-state index < -0.39 is 0 Å². The SMILES string of the molecule is Cn1cnc2c1c(=O)n(CCCCC(O)CBr)c(=O)n2C. The summed E-state index contributed by atoms with van der Waals surface area (Å²) in [6, 6.07) is 0. The molecule has 0 saturated carbocycles. The highest BCUT2D eigenvalue weighted by Gasteiger charge is 2.14. The van der Waals surface area contributed by atoms with Crippen molar-refractivity contribution in [2.45, 2.75) is 31.9 Å². The molecule has 0 radical (unpaired) electrons. The Bertz CT molecular complexity index is 746. The first-order chi connectivity index (χ1) is 9.97. The number of unbranched alkanes of at least 4 members (excludes halogenated alkanes) is 1. The van der Waals surface area contributed by atoms with E-state index in [9.17, 15) is 14.7 Å². The van der Waals surface area contributed by atoms with E-state index in [-0.39, 0.29) is 17.4 Å². The van der Waals surface area contributed by atoms with E-state index in [1.54, 1.807) is 18.7 Å². The number of hydrogen-bond acceptors (Lipinski definition) is 4. The molecule has 21 heavy (non-hydrogen) atoms. The van der Waals surface area contributed by atoms with Gasteiger partial charge >= 0.3 is 5.69 Å². The molecule has 8 heteroatoms. The Morgan fingerprint density at radius 3 is 2.71 bits per heavy atom. The van der Waals surface area contributed by atoms with Gasteiger partial charge in [-0.3, -0.25) is 13.9 Å². The normalized spacial score (nSPS) is 13.0. The number of aliphatic hydroxyl groups is 1. The fourth-order valence-corrected chi connectivity index (χ4v) is 2.64. The second kappa shape index (κ2) is 6.57. The van der Waals surface area contributed by atoms with Crippen LogP contribution < -0.4 is 11.2 Å². The molecule has 0 bridgehead atoms. The standard InChI is InChI=1S/C13H19BrN4O3/c1-16-8-15-11-10(16)12(20)18(13(21)17(11)2)6-4-3-5-9(19)7-14/h8-9,19H,3-7H2,1-2H3. The highest BCUT2D eigenvalue weighted by atomic mass is 79.9. The zero-order valence-corrected chi connectivity index (χ0v) is 13.7. The van der Waals surface area contributed by atoms with Crippen LogP contribution in [0.25, 0.3) is 11.2 Å².